The molecule has 0 atom stereocenters. The minimum atomic E-state index is 0.0150. The number of hydrogen-bond donors (Lipinski definition) is 0. The standard InChI is InChI=1S/C16H21N3O/c1-6-19(14-9-7-8-11(2)10-14)16(20)15-12(3)17-18(5)13(15)4/h7-10H,6H2,1-5H3. The van der Waals surface area contributed by atoms with Crippen LogP contribution in [0.3, 0.4) is 0 Å². The van der Waals surface area contributed by atoms with Crippen LogP contribution in [0, 0.1) is 20.8 Å². The number of benzene rings is 1. The van der Waals surface area contributed by atoms with Gasteiger partial charge in [0, 0.05) is 25.0 Å². The molecule has 0 aliphatic rings. The van der Waals surface area contributed by atoms with E-state index >= 15 is 0 Å². The number of hydrogen-bond acceptors (Lipinski definition) is 2. The molecule has 0 fully saturated rings. The van der Waals surface area contributed by atoms with Crippen molar-refractivity contribution in [3.8, 4) is 0 Å². The molecule has 0 aliphatic heterocycles. The molecule has 4 nitrogen and oxygen atoms in total. The van der Waals surface area contributed by atoms with Gasteiger partial charge in [0.05, 0.1) is 11.3 Å². The number of amides is 1. The zero-order chi connectivity index (χ0) is 14.9. The minimum Gasteiger partial charge on any atom is -0.309 e. The molecule has 0 unspecified atom stereocenters. The zero-order valence-electron chi connectivity index (χ0n) is 12.8. The largest absolute Gasteiger partial charge is 0.309 e. The molecule has 106 valence electrons. The Morgan fingerprint density at radius 2 is 2.00 bits per heavy atom. The van der Waals surface area contributed by atoms with Crippen LogP contribution < -0.4 is 4.90 Å². The van der Waals surface area contributed by atoms with E-state index in [4.69, 9.17) is 0 Å². The summed E-state index contributed by atoms with van der Waals surface area (Å²) in [6.07, 6.45) is 0. The molecule has 1 aromatic carbocycles. The number of anilines is 1. The maximum absolute atomic E-state index is 12.8. The Labute approximate surface area is 120 Å². The van der Waals surface area contributed by atoms with Gasteiger partial charge in [0.15, 0.2) is 0 Å². The first-order valence-corrected chi connectivity index (χ1v) is 6.84. The number of aryl methyl sites for hydroxylation is 3. The van der Waals surface area contributed by atoms with Crippen molar-refractivity contribution in [3.63, 3.8) is 0 Å². The van der Waals surface area contributed by atoms with Gasteiger partial charge in [0.25, 0.3) is 5.91 Å². The molecule has 0 bridgehead atoms. The summed E-state index contributed by atoms with van der Waals surface area (Å²) in [4.78, 5) is 14.6. The molecule has 1 aromatic heterocycles. The highest BCUT2D eigenvalue weighted by molar-refractivity contribution is 6.07. The van der Waals surface area contributed by atoms with Crippen molar-refractivity contribution in [1.29, 1.82) is 0 Å². The van der Waals surface area contributed by atoms with Gasteiger partial charge in [-0.2, -0.15) is 5.10 Å². The van der Waals surface area contributed by atoms with Gasteiger partial charge >= 0.3 is 0 Å². The van der Waals surface area contributed by atoms with Crippen molar-refractivity contribution in [2.24, 2.45) is 7.05 Å². The SMILES string of the molecule is CCN(C(=O)c1c(C)nn(C)c1C)c1cccc(C)c1. The van der Waals surface area contributed by atoms with Crippen LogP contribution in [-0.4, -0.2) is 22.2 Å². The third kappa shape index (κ3) is 2.46. The van der Waals surface area contributed by atoms with Crippen molar-refractivity contribution in [2.75, 3.05) is 11.4 Å². The van der Waals surface area contributed by atoms with E-state index in [1.54, 1.807) is 9.58 Å². The average Bonchev–Trinajstić information content (AvgIpc) is 2.64. The molecule has 0 saturated carbocycles. The lowest BCUT2D eigenvalue weighted by Gasteiger charge is -2.21. The predicted octanol–water partition coefficient (Wildman–Crippen LogP) is 3.01. The van der Waals surface area contributed by atoms with E-state index in [0.29, 0.717) is 12.1 Å². The normalized spacial score (nSPS) is 10.7. The molecule has 0 radical (unpaired) electrons. The lowest BCUT2D eigenvalue weighted by Crippen LogP contribution is -2.31. The molecule has 1 heterocycles. The van der Waals surface area contributed by atoms with E-state index in [-0.39, 0.29) is 5.91 Å². The summed E-state index contributed by atoms with van der Waals surface area (Å²) in [5, 5.41) is 4.33. The fourth-order valence-corrected chi connectivity index (χ4v) is 2.46. The lowest BCUT2D eigenvalue weighted by atomic mass is 10.1. The van der Waals surface area contributed by atoms with Crippen LogP contribution in [0.1, 0.15) is 34.2 Å². The van der Waals surface area contributed by atoms with E-state index in [1.807, 2.05) is 59.0 Å². The topological polar surface area (TPSA) is 38.1 Å². The van der Waals surface area contributed by atoms with Crippen LogP contribution in [0.15, 0.2) is 24.3 Å². The van der Waals surface area contributed by atoms with Crippen LogP contribution in [-0.2, 0) is 7.05 Å². The fourth-order valence-electron chi connectivity index (χ4n) is 2.46. The second-order valence-corrected chi connectivity index (χ2v) is 5.06. The molecule has 1 amide bonds. The van der Waals surface area contributed by atoms with E-state index in [0.717, 1.165) is 22.6 Å². The molecule has 20 heavy (non-hydrogen) atoms. The minimum absolute atomic E-state index is 0.0150. The Kier molecular flexibility index (Phi) is 3.93. The Morgan fingerprint density at radius 1 is 1.30 bits per heavy atom. The van der Waals surface area contributed by atoms with Gasteiger partial charge < -0.3 is 4.90 Å². The van der Waals surface area contributed by atoms with E-state index < -0.39 is 0 Å². The second-order valence-electron chi connectivity index (χ2n) is 5.06. The molecular weight excluding hydrogens is 250 g/mol. The molecule has 0 saturated heterocycles. The van der Waals surface area contributed by atoms with Gasteiger partial charge in [-0.15, -0.1) is 0 Å². The Morgan fingerprint density at radius 3 is 2.50 bits per heavy atom. The summed E-state index contributed by atoms with van der Waals surface area (Å²) in [6, 6.07) is 8.00. The summed E-state index contributed by atoms with van der Waals surface area (Å²) >= 11 is 0. The molecule has 4 heteroatoms. The van der Waals surface area contributed by atoms with Gasteiger partial charge in [-0.3, -0.25) is 9.48 Å². The van der Waals surface area contributed by atoms with Gasteiger partial charge in [-0.25, -0.2) is 0 Å². The smallest absolute Gasteiger partial charge is 0.262 e. The van der Waals surface area contributed by atoms with Gasteiger partial charge in [-0.1, -0.05) is 12.1 Å². The van der Waals surface area contributed by atoms with Crippen LogP contribution in [0.25, 0.3) is 0 Å². The number of carbonyl (C=O) groups excluding carboxylic acids is 1. The highest BCUT2D eigenvalue weighted by Gasteiger charge is 2.23. The molecule has 0 spiro atoms. The van der Waals surface area contributed by atoms with Crippen molar-refractivity contribution >= 4 is 11.6 Å². The first-order chi connectivity index (χ1) is 9.45. The highest BCUT2D eigenvalue weighted by Crippen LogP contribution is 2.21. The number of nitrogens with zero attached hydrogens (tertiary/aromatic N) is 3. The Hall–Kier alpha value is -2.10. The summed E-state index contributed by atoms with van der Waals surface area (Å²) in [5.74, 6) is 0.0150. The number of aromatic nitrogens is 2. The second kappa shape index (κ2) is 5.49. The third-order valence-electron chi connectivity index (χ3n) is 3.60. The summed E-state index contributed by atoms with van der Waals surface area (Å²) in [6.45, 7) is 8.46. The van der Waals surface area contributed by atoms with Gasteiger partial charge in [-0.05, 0) is 45.4 Å². The highest BCUT2D eigenvalue weighted by atomic mass is 16.2. The summed E-state index contributed by atoms with van der Waals surface area (Å²) in [5.41, 5.74) is 4.46. The average molecular weight is 271 g/mol. The molecule has 2 rings (SSSR count). The third-order valence-corrected chi connectivity index (χ3v) is 3.60. The zero-order valence-corrected chi connectivity index (χ0v) is 12.8. The summed E-state index contributed by atoms with van der Waals surface area (Å²) in [7, 11) is 1.86. The van der Waals surface area contributed by atoms with Crippen LogP contribution >= 0.6 is 0 Å². The van der Waals surface area contributed by atoms with Crippen molar-refractivity contribution in [1.82, 2.24) is 9.78 Å². The monoisotopic (exact) mass is 271 g/mol. The fraction of sp³-hybridized carbons (Fsp3) is 0.375. The van der Waals surface area contributed by atoms with Crippen molar-refractivity contribution < 1.29 is 4.79 Å². The van der Waals surface area contributed by atoms with Crippen LogP contribution in [0.2, 0.25) is 0 Å². The maximum atomic E-state index is 12.8. The van der Waals surface area contributed by atoms with E-state index in [9.17, 15) is 4.79 Å². The first kappa shape index (κ1) is 14.3. The van der Waals surface area contributed by atoms with Crippen LogP contribution in [0.4, 0.5) is 5.69 Å². The Bertz CT molecular complexity index is 643. The van der Waals surface area contributed by atoms with Gasteiger partial charge in [0.1, 0.15) is 0 Å². The summed E-state index contributed by atoms with van der Waals surface area (Å²) < 4.78 is 1.76. The number of carbonyl (C=O) groups is 1. The van der Waals surface area contributed by atoms with E-state index in [2.05, 4.69) is 5.10 Å². The maximum Gasteiger partial charge on any atom is 0.262 e. The molecule has 0 aliphatic carbocycles. The van der Waals surface area contributed by atoms with Gasteiger partial charge in [0.2, 0.25) is 0 Å². The molecule has 0 N–H and O–H groups in total. The first-order valence-electron chi connectivity index (χ1n) is 6.84. The van der Waals surface area contributed by atoms with E-state index in [1.165, 1.54) is 0 Å². The number of rotatable bonds is 3. The predicted molar refractivity (Wildman–Crippen MR) is 81.2 cm³/mol. The van der Waals surface area contributed by atoms with Crippen LogP contribution in [0.5, 0.6) is 0 Å². The van der Waals surface area contributed by atoms with Crippen molar-refractivity contribution in [2.45, 2.75) is 27.7 Å². The van der Waals surface area contributed by atoms with Crippen molar-refractivity contribution in [3.05, 3.63) is 46.8 Å². The molecular formula is C16H21N3O. The lowest BCUT2D eigenvalue weighted by molar-refractivity contribution is 0.0987. The Balaban J connectivity index is 2.44. The quantitative estimate of drug-likeness (QED) is 0.860. The molecule has 2 aromatic rings.